The molecule has 0 unspecified atom stereocenters. The molecule has 0 aliphatic carbocycles. The number of carbonyl (C=O) groups excluding carboxylic acids is 1. The molecule has 0 saturated heterocycles. The maximum Gasteiger partial charge on any atom is 0.242 e. The zero-order valence-electron chi connectivity index (χ0n) is 13.7. The molecule has 2 aromatic rings. The van der Waals surface area contributed by atoms with Crippen molar-refractivity contribution in [3.63, 3.8) is 0 Å². The van der Waals surface area contributed by atoms with Gasteiger partial charge in [0, 0.05) is 10.0 Å². The molecule has 0 aliphatic rings. The summed E-state index contributed by atoms with van der Waals surface area (Å²) in [6.45, 7) is 1.39. The first kappa shape index (κ1) is 20.8. The monoisotopic (exact) mass is 436 g/mol. The van der Waals surface area contributed by atoms with E-state index in [9.17, 15) is 13.2 Å². The second-order valence-electron chi connectivity index (χ2n) is 5.25. The highest BCUT2D eigenvalue weighted by molar-refractivity contribution is 7.89. The number of methoxy groups -OCH3 is 1. The van der Waals surface area contributed by atoms with Crippen molar-refractivity contribution >= 4 is 56.4 Å². The van der Waals surface area contributed by atoms with Crippen molar-refractivity contribution in [1.82, 2.24) is 4.72 Å². The maximum atomic E-state index is 12.5. The van der Waals surface area contributed by atoms with Crippen LogP contribution >= 0.6 is 34.8 Å². The molecule has 2 aromatic carbocycles. The number of carbonyl (C=O) groups is 1. The van der Waals surface area contributed by atoms with Gasteiger partial charge in [0.15, 0.2) is 0 Å². The summed E-state index contributed by atoms with van der Waals surface area (Å²) < 4.78 is 32.3. The number of rotatable bonds is 6. The number of benzene rings is 2. The lowest BCUT2D eigenvalue weighted by molar-refractivity contribution is -0.117. The third-order valence-electron chi connectivity index (χ3n) is 3.33. The molecule has 0 aromatic heterocycles. The number of halogens is 3. The van der Waals surface area contributed by atoms with Gasteiger partial charge in [-0.3, -0.25) is 4.79 Å². The zero-order valence-corrected chi connectivity index (χ0v) is 16.8. The fourth-order valence-electron chi connectivity index (χ4n) is 2.05. The predicted octanol–water partition coefficient (Wildman–Crippen LogP) is 3.96. The van der Waals surface area contributed by atoms with E-state index in [-0.39, 0.29) is 14.9 Å². The van der Waals surface area contributed by atoms with Crippen LogP contribution in [0.5, 0.6) is 5.75 Å². The normalized spacial score (nSPS) is 12.5. The Bertz CT molecular complexity index is 935. The first-order valence-corrected chi connectivity index (χ1v) is 9.87. The van der Waals surface area contributed by atoms with Crippen LogP contribution in [-0.2, 0) is 14.8 Å². The number of ether oxygens (including phenoxy) is 1. The van der Waals surface area contributed by atoms with Crippen LogP contribution in [0.25, 0.3) is 0 Å². The smallest absolute Gasteiger partial charge is 0.242 e. The van der Waals surface area contributed by atoms with Gasteiger partial charge in [0.1, 0.15) is 10.6 Å². The van der Waals surface area contributed by atoms with Gasteiger partial charge < -0.3 is 10.1 Å². The third kappa shape index (κ3) is 5.02. The van der Waals surface area contributed by atoms with Crippen molar-refractivity contribution in [1.29, 1.82) is 0 Å². The average Bonchev–Trinajstić information content (AvgIpc) is 2.56. The quantitative estimate of drug-likeness (QED) is 0.716. The molecule has 2 N–H and O–H groups in total. The Balaban J connectivity index is 2.19. The molecule has 0 saturated carbocycles. The van der Waals surface area contributed by atoms with Crippen LogP contribution in [-0.4, -0.2) is 27.5 Å². The topological polar surface area (TPSA) is 84.5 Å². The number of nitrogens with one attached hydrogen (secondary N) is 2. The summed E-state index contributed by atoms with van der Waals surface area (Å²) in [6, 6.07) is 7.61. The molecule has 0 radical (unpaired) electrons. The van der Waals surface area contributed by atoms with Gasteiger partial charge in [-0.15, -0.1) is 0 Å². The van der Waals surface area contributed by atoms with Crippen LogP contribution in [0, 0.1) is 0 Å². The lowest BCUT2D eigenvalue weighted by atomic mass is 10.2. The summed E-state index contributed by atoms with van der Waals surface area (Å²) >= 11 is 17.7. The summed E-state index contributed by atoms with van der Waals surface area (Å²) in [5.74, 6) is -0.219. The molecule has 1 atom stereocenters. The molecule has 2 rings (SSSR count). The Morgan fingerprint density at radius 1 is 1.08 bits per heavy atom. The molecule has 0 fully saturated rings. The molecule has 1 amide bonds. The Kier molecular flexibility index (Phi) is 6.76. The Morgan fingerprint density at radius 2 is 1.69 bits per heavy atom. The van der Waals surface area contributed by atoms with Crippen molar-refractivity contribution in [3.05, 3.63) is 51.5 Å². The molecule has 0 heterocycles. The predicted molar refractivity (Wildman–Crippen MR) is 103 cm³/mol. The maximum absolute atomic E-state index is 12.5. The van der Waals surface area contributed by atoms with Crippen molar-refractivity contribution in [2.24, 2.45) is 0 Å². The van der Waals surface area contributed by atoms with E-state index in [0.717, 1.165) is 0 Å². The first-order chi connectivity index (χ1) is 12.1. The van der Waals surface area contributed by atoms with Crippen LogP contribution in [0.4, 0.5) is 5.69 Å². The Morgan fingerprint density at radius 3 is 2.35 bits per heavy atom. The van der Waals surface area contributed by atoms with Crippen molar-refractivity contribution < 1.29 is 17.9 Å². The number of sulfonamides is 1. The van der Waals surface area contributed by atoms with Crippen LogP contribution in [0.1, 0.15) is 6.92 Å². The highest BCUT2D eigenvalue weighted by atomic mass is 35.5. The summed E-state index contributed by atoms with van der Waals surface area (Å²) in [5.41, 5.74) is 0.317. The van der Waals surface area contributed by atoms with Crippen LogP contribution in [0.2, 0.25) is 15.1 Å². The number of anilines is 1. The SMILES string of the molecule is COc1ccc(Cl)cc1NC(=O)[C@@H](C)NS(=O)(=O)c1cc(Cl)ccc1Cl. The van der Waals surface area contributed by atoms with Crippen molar-refractivity contribution in [2.75, 3.05) is 12.4 Å². The van der Waals surface area contributed by atoms with Gasteiger partial charge in [0.25, 0.3) is 0 Å². The molecular weight excluding hydrogens is 423 g/mol. The van der Waals surface area contributed by atoms with Crippen LogP contribution < -0.4 is 14.8 Å². The minimum Gasteiger partial charge on any atom is -0.495 e. The number of amides is 1. The van der Waals surface area contributed by atoms with E-state index in [1.165, 1.54) is 38.3 Å². The lowest BCUT2D eigenvalue weighted by Crippen LogP contribution is -2.41. The van der Waals surface area contributed by atoms with E-state index in [4.69, 9.17) is 39.5 Å². The summed E-state index contributed by atoms with van der Waals surface area (Å²) in [4.78, 5) is 12.1. The van der Waals surface area contributed by atoms with Gasteiger partial charge in [-0.25, -0.2) is 8.42 Å². The second-order valence-corrected chi connectivity index (χ2v) is 8.21. The third-order valence-corrected chi connectivity index (χ3v) is 5.82. The molecule has 10 heteroatoms. The highest BCUT2D eigenvalue weighted by Gasteiger charge is 2.25. The molecule has 6 nitrogen and oxygen atoms in total. The van der Waals surface area contributed by atoms with E-state index in [1.54, 1.807) is 12.1 Å². The second kappa shape index (κ2) is 8.45. The van der Waals surface area contributed by atoms with E-state index in [1.807, 2.05) is 0 Å². The van der Waals surface area contributed by atoms with Crippen molar-refractivity contribution in [3.8, 4) is 5.75 Å². The fourth-order valence-corrected chi connectivity index (χ4v) is 4.19. The zero-order chi connectivity index (χ0) is 19.5. The van der Waals surface area contributed by atoms with Gasteiger partial charge >= 0.3 is 0 Å². The molecular formula is C16H15Cl3N2O4S. The minimum absolute atomic E-state index is 0.00832. The summed E-state index contributed by atoms with van der Waals surface area (Å²) in [6.07, 6.45) is 0. The van der Waals surface area contributed by atoms with Gasteiger partial charge in [0.05, 0.1) is 23.9 Å². The summed E-state index contributed by atoms with van der Waals surface area (Å²) in [5, 5.41) is 3.15. The van der Waals surface area contributed by atoms with Gasteiger partial charge in [-0.05, 0) is 43.3 Å². The minimum atomic E-state index is -4.06. The molecule has 0 bridgehead atoms. The first-order valence-electron chi connectivity index (χ1n) is 7.26. The summed E-state index contributed by atoms with van der Waals surface area (Å²) in [7, 11) is -2.62. The fraction of sp³-hybridized carbons (Fsp3) is 0.188. The van der Waals surface area contributed by atoms with Gasteiger partial charge in [-0.1, -0.05) is 34.8 Å². The Hall–Kier alpha value is -1.51. The Labute approximate surface area is 166 Å². The molecule has 26 heavy (non-hydrogen) atoms. The van der Waals surface area contributed by atoms with Gasteiger partial charge in [-0.2, -0.15) is 4.72 Å². The van der Waals surface area contributed by atoms with E-state index < -0.39 is 22.0 Å². The average molecular weight is 438 g/mol. The lowest BCUT2D eigenvalue weighted by Gasteiger charge is -2.16. The largest absolute Gasteiger partial charge is 0.495 e. The number of hydrogen-bond acceptors (Lipinski definition) is 4. The molecule has 0 aliphatic heterocycles. The van der Waals surface area contributed by atoms with E-state index in [2.05, 4.69) is 10.0 Å². The number of hydrogen-bond donors (Lipinski definition) is 2. The van der Waals surface area contributed by atoms with Crippen molar-refractivity contribution in [2.45, 2.75) is 17.9 Å². The highest BCUT2D eigenvalue weighted by Crippen LogP contribution is 2.28. The van der Waals surface area contributed by atoms with E-state index in [0.29, 0.717) is 16.5 Å². The van der Waals surface area contributed by atoms with E-state index >= 15 is 0 Å². The molecule has 140 valence electrons. The van der Waals surface area contributed by atoms with Gasteiger partial charge in [0.2, 0.25) is 15.9 Å². The standard InChI is InChI=1S/C16H15Cl3N2O4S/c1-9(16(22)20-13-7-10(17)4-6-14(13)25-2)21-26(23,24)15-8-11(18)3-5-12(15)19/h3-9,21H,1-2H3,(H,20,22)/t9-/m1/s1. The molecule has 0 spiro atoms. The van der Waals surface area contributed by atoms with Crippen LogP contribution in [0.3, 0.4) is 0 Å². The van der Waals surface area contributed by atoms with Crippen LogP contribution in [0.15, 0.2) is 41.3 Å².